The first-order valence-corrected chi connectivity index (χ1v) is 10.1. The Morgan fingerprint density at radius 2 is 2.06 bits per heavy atom. The van der Waals surface area contributed by atoms with Gasteiger partial charge in [-0.25, -0.2) is 4.98 Å². The van der Waals surface area contributed by atoms with E-state index in [0.717, 1.165) is 12.1 Å². The molecule has 0 saturated heterocycles. The van der Waals surface area contributed by atoms with Crippen LogP contribution in [0.4, 0.5) is 13.2 Å². The molecule has 0 aliphatic carbocycles. The molecule has 0 aliphatic heterocycles. The summed E-state index contributed by atoms with van der Waals surface area (Å²) in [6.45, 7) is 1.70. The number of amides is 1. The highest BCUT2D eigenvalue weighted by Gasteiger charge is 2.31. The van der Waals surface area contributed by atoms with E-state index >= 15 is 0 Å². The average Bonchev–Trinajstić information content (AvgIpc) is 3.40. The van der Waals surface area contributed by atoms with Crippen LogP contribution in [-0.2, 0) is 6.18 Å². The fourth-order valence-electron chi connectivity index (χ4n) is 3.23. The summed E-state index contributed by atoms with van der Waals surface area (Å²) in [5.41, 5.74) is 1.02. The van der Waals surface area contributed by atoms with Gasteiger partial charge < -0.3 is 9.72 Å². The van der Waals surface area contributed by atoms with Crippen LogP contribution in [0.1, 0.15) is 32.4 Å². The molecule has 4 rings (SSSR count). The molecule has 1 unspecified atom stereocenters. The number of carbonyl (C=O) groups excluding carboxylic acids is 1. The highest BCUT2D eigenvalue weighted by molar-refractivity contribution is 7.10. The number of nitrogens with one attached hydrogen (secondary N) is 1. The number of nitriles is 1. The van der Waals surface area contributed by atoms with Gasteiger partial charge in [0.05, 0.1) is 22.9 Å². The lowest BCUT2D eigenvalue weighted by Crippen LogP contribution is -2.27. The first kappa shape index (κ1) is 20.6. The molecule has 0 bridgehead atoms. The minimum Gasteiger partial charge on any atom is -0.332 e. The van der Waals surface area contributed by atoms with Crippen LogP contribution in [0.3, 0.4) is 0 Å². The number of alkyl halides is 3. The number of aromatic nitrogens is 2. The molecule has 0 saturated carbocycles. The highest BCUT2D eigenvalue weighted by Crippen LogP contribution is 2.34. The Kier molecular flexibility index (Phi) is 5.25. The van der Waals surface area contributed by atoms with E-state index in [1.807, 2.05) is 5.38 Å². The number of thiophene rings is 1. The van der Waals surface area contributed by atoms with Crippen LogP contribution in [-0.4, -0.2) is 15.3 Å². The maximum atomic E-state index is 13.2. The van der Waals surface area contributed by atoms with Crippen molar-refractivity contribution in [3.8, 4) is 17.3 Å². The summed E-state index contributed by atoms with van der Waals surface area (Å²) in [4.78, 5) is 18.0. The van der Waals surface area contributed by atoms with Gasteiger partial charge in [0.1, 0.15) is 5.65 Å². The summed E-state index contributed by atoms with van der Waals surface area (Å²) in [7, 11) is 0. The van der Waals surface area contributed by atoms with Crippen LogP contribution in [0.25, 0.3) is 16.9 Å². The summed E-state index contributed by atoms with van der Waals surface area (Å²) in [5.74, 6) is -0.497. The second-order valence-electron chi connectivity index (χ2n) is 6.86. The largest absolute Gasteiger partial charge is 0.416 e. The lowest BCUT2D eigenvalue weighted by atomic mass is 10.0. The molecule has 1 amide bonds. The number of halogens is 3. The Bertz CT molecular complexity index is 1300. The maximum Gasteiger partial charge on any atom is 0.416 e. The van der Waals surface area contributed by atoms with Crippen molar-refractivity contribution in [2.75, 3.05) is 0 Å². The van der Waals surface area contributed by atoms with Crippen molar-refractivity contribution in [2.45, 2.75) is 19.1 Å². The number of pyridine rings is 1. The molecule has 3 heterocycles. The van der Waals surface area contributed by atoms with Gasteiger partial charge in [-0.2, -0.15) is 18.4 Å². The van der Waals surface area contributed by atoms with E-state index in [2.05, 4.69) is 16.4 Å². The highest BCUT2D eigenvalue weighted by atomic mass is 32.1. The number of nitrogens with zero attached hydrogens (tertiary/aromatic N) is 3. The van der Waals surface area contributed by atoms with Gasteiger partial charge in [-0.15, -0.1) is 11.3 Å². The zero-order valence-electron chi connectivity index (χ0n) is 16.1. The van der Waals surface area contributed by atoms with Crippen molar-refractivity contribution in [2.24, 2.45) is 0 Å². The van der Waals surface area contributed by atoms with Crippen molar-refractivity contribution >= 4 is 22.9 Å². The lowest BCUT2D eigenvalue weighted by Gasteiger charge is -2.10. The van der Waals surface area contributed by atoms with Crippen LogP contribution in [0.5, 0.6) is 0 Å². The van der Waals surface area contributed by atoms with E-state index in [0.29, 0.717) is 21.7 Å². The van der Waals surface area contributed by atoms with Gasteiger partial charge in [-0.3, -0.25) is 4.79 Å². The molecule has 1 atom stereocenters. The van der Waals surface area contributed by atoms with Gasteiger partial charge in [0, 0.05) is 22.8 Å². The Labute approximate surface area is 179 Å². The van der Waals surface area contributed by atoms with Gasteiger partial charge in [0.15, 0.2) is 6.04 Å². The van der Waals surface area contributed by atoms with Crippen LogP contribution >= 0.6 is 11.3 Å². The minimum absolute atomic E-state index is 0.218. The van der Waals surface area contributed by atoms with E-state index in [1.54, 1.807) is 48.0 Å². The third kappa shape index (κ3) is 4.02. The van der Waals surface area contributed by atoms with Crippen molar-refractivity contribution in [1.82, 2.24) is 14.7 Å². The molecule has 1 aromatic carbocycles. The zero-order valence-corrected chi connectivity index (χ0v) is 17.0. The van der Waals surface area contributed by atoms with Gasteiger partial charge in [0.2, 0.25) is 0 Å². The summed E-state index contributed by atoms with van der Waals surface area (Å²) in [5, 5.41) is 13.9. The number of hydrogen-bond acceptors (Lipinski definition) is 4. The molecule has 1 N–H and O–H groups in total. The molecule has 31 heavy (non-hydrogen) atoms. The summed E-state index contributed by atoms with van der Waals surface area (Å²) >= 11 is 1.35. The molecular weight excluding hydrogens is 425 g/mol. The minimum atomic E-state index is -4.47. The normalized spacial score (nSPS) is 12.5. The Morgan fingerprint density at radius 1 is 1.26 bits per heavy atom. The maximum absolute atomic E-state index is 13.2. The molecular formula is C22H15F3N4OS. The number of benzene rings is 1. The van der Waals surface area contributed by atoms with Crippen LogP contribution in [0.2, 0.25) is 0 Å². The van der Waals surface area contributed by atoms with Crippen molar-refractivity contribution in [1.29, 1.82) is 5.26 Å². The molecule has 4 aromatic rings. The van der Waals surface area contributed by atoms with E-state index in [-0.39, 0.29) is 11.2 Å². The van der Waals surface area contributed by atoms with Gasteiger partial charge in [-0.05, 0) is 48.2 Å². The monoisotopic (exact) mass is 440 g/mol. The summed E-state index contributed by atoms with van der Waals surface area (Å²) in [6.07, 6.45) is -1.23. The fraction of sp³-hybridized carbons (Fsp3) is 0.136. The zero-order chi connectivity index (χ0) is 22.2. The van der Waals surface area contributed by atoms with Gasteiger partial charge in [0.25, 0.3) is 5.91 Å². The Balaban J connectivity index is 1.73. The number of aryl methyl sites for hydroxylation is 1. The first-order valence-electron chi connectivity index (χ1n) is 9.18. The summed E-state index contributed by atoms with van der Waals surface area (Å²) < 4.78 is 41.1. The van der Waals surface area contributed by atoms with E-state index < -0.39 is 23.7 Å². The molecule has 0 fully saturated rings. The van der Waals surface area contributed by atoms with E-state index in [4.69, 9.17) is 0 Å². The number of fused-ring (bicyclic) bond motifs is 1. The summed E-state index contributed by atoms with van der Waals surface area (Å²) in [6, 6.07) is 11.5. The molecule has 156 valence electrons. The van der Waals surface area contributed by atoms with Crippen LogP contribution in [0, 0.1) is 18.3 Å². The topological polar surface area (TPSA) is 70.2 Å². The van der Waals surface area contributed by atoms with Crippen molar-refractivity contribution < 1.29 is 18.0 Å². The number of rotatable bonds is 4. The van der Waals surface area contributed by atoms with Crippen molar-refractivity contribution in [3.63, 3.8) is 0 Å². The number of hydrogen-bond donors (Lipinski definition) is 1. The molecule has 0 aliphatic rings. The molecule has 5 nitrogen and oxygen atoms in total. The average molecular weight is 440 g/mol. The predicted molar refractivity (Wildman–Crippen MR) is 111 cm³/mol. The smallest absolute Gasteiger partial charge is 0.332 e. The number of imidazole rings is 1. The second kappa shape index (κ2) is 7.89. The lowest BCUT2D eigenvalue weighted by molar-refractivity contribution is -0.137. The van der Waals surface area contributed by atoms with E-state index in [1.165, 1.54) is 17.4 Å². The standard InChI is InChI=1S/C22H15F3N4OS/c1-13-6-7-14(22(23,24)25)10-16(13)18-12-29-8-2-4-15(20(29)27-18)21(30)28-17(11-26)19-5-3-9-31-19/h2-10,12,17H,1H3,(H,28,30). The molecule has 3 aromatic heterocycles. The Hall–Kier alpha value is -3.64. The van der Waals surface area contributed by atoms with Crippen LogP contribution in [0.15, 0.2) is 60.2 Å². The predicted octanol–water partition coefficient (Wildman–Crippen LogP) is 5.38. The number of carbonyl (C=O) groups is 1. The third-order valence-corrected chi connectivity index (χ3v) is 5.74. The van der Waals surface area contributed by atoms with Gasteiger partial charge >= 0.3 is 6.18 Å². The third-order valence-electron chi connectivity index (χ3n) is 4.80. The second-order valence-corrected chi connectivity index (χ2v) is 7.84. The Morgan fingerprint density at radius 3 is 2.74 bits per heavy atom. The first-order chi connectivity index (χ1) is 14.8. The quantitative estimate of drug-likeness (QED) is 0.463. The SMILES string of the molecule is Cc1ccc(C(F)(F)F)cc1-c1cn2cccc(C(=O)NC(C#N)c3cccs3)c2n1. The molecule has 0 radical (unpaired) electrons. The van der Waals surface area contributed by atoms with Gasteiger partial charge in [-0.1, -0.05) is 12.1 Å². The van der Waals surface area contributed by atoms with E-state index in [9.17, 15) is 23.2 Å². The fourth-order valence-corrected chi connectivity index (χ4v) is 3.94. The van der Waals surface area contributed by atoms with Crippen molar-refractivity contribution in [3.05, 3.63) is 81.8 Å². The molecule has 9 heteroatoms. The van der Waals surface area contributed by atoms with Crippen LogP contribution < -0.4 is 5.32 Å². The molecule has 0 spiro atoms.